The summed E-state index contributed by atoms with van der Waals surface area (Å²) in [6.07, 6.45) is 2.65. The SMILES string of the molecule is COc1ccc(OC)c(NC(=O)C(=O)N/N=C/c2ccc(OC(=O)c3ccco3)c(OC)c2)c1. The molecule has 1 heterocycles. The number of rotatable bonds is 8. The number of carbonyl (C=O) groups excluding carboxylic acids is 3. The number of hydrogen-bond donors (Lipinski definition) is 2. The zero-order valence-corrected chi connectivity index (χ0v) is 18.5. The van der Waals surface area contributed by atoms with Gasteiger partial charge < -0.3 is 28.7 Å². The number of carbonyl (C=O) groups is 3. The number of hydrogen-bond acceptors (Lipinski definition) is 9. The first-order valence-corrected chi connectivity index (χ1v) is 9.75. The van der Waals surface area contributed by atoms with Crippen molar-refractivity contribution in [3.05, 3.63) is 66.1 Å². The van der Waals surface area contributed by atoms with Gasteiger partial charge in [-0.15, -0.1) is 0 Å². The average Bonchev–Trinajstić information content (AvgIpc) is 3.40. The predicted octanol–water partition coefficient (Wildman–Crippen LogP) is 2.61. The first-order chi connectivity index (χ1) is 16.4. The fraction of sp³-hybridized carbons (Fsp3) is 0.130. The summed E-state index contributed by atoms with van der Waals surface area (Å²) in [5.74, 6) is -1.36. The van der Waals surface area contributed by atoms with Crippen LogP contribution in [-0.2, 0) is 9.59 Å². The molecule has 0 unspecified atom stereocenters. The molecule has 11 nitrogen and oxygen atoms in total. The maximum absolute atomic E-state index is 12.2. The van der Waals surface area contributed by atoms with E-state index >= 15 is 0 Å². The highest BCUT2D eigenvalue weighted by Gasteiger charge is 2.17. The Labute approximate surface area is 194 Å². The van der Waals surface area contributed by atoms with Crippen molar-refractivity contribution in [2.45, 2.75) is 0 Å². The standard InChI is InChI=1S/C23H21N3O8/c1-30-15-7-9-17(31-2)16(12-15)25-21(27)22(28)26-24-13-14-6-8-18(20(11-14)32-3)34-23(29)19-5-4-10-33-19/h4-13H,1-3H3,(H,25,27)(H,26,28)/b24-13+. The van der Waals surface area contributed by atoms with Crippen LogP contribution in [-0.4, -0.2) is 45.3 Å². The highest BCUT2D eigenvalue weighted by Crippen LogP contribution is 2.29. The van der Waals surface area contributed by atoms with Crippen molar-refractivity contribution in [2.75, 3.05) is 26.6 Å². The molecule has 0 saturated carbocycles. The van der Waals surface area contributed by atoms with Crippen LogP contribution in [0.4, 0.5) is 5.69 Å². The quantitative estimate of drug-likeness (QED) is 0.170. The van der Waals surface area contributed by atoms with Crippen LogP contribution in [0.2, 0.25) is 0 Å². The monoisotopic (exact) mass is 467 g/mol. The minimum atomic E-state index is -1.00. The maximum Gasteiger partial charge on any atom is 0.379 e. The number of esters is 1. The Kier molecular flexibility index (Phi) is 7.84. The van der Waals surface area contributed by atoms with Crippen LogP contribution in [0.5, 0.6) is 23.0 Å². The number of furan rings is 1. The highest BCUT2D eigenvalue weighted by molar-refractivity contribution is 6.39. The number of benzene rings is 2. The van der Waals surface area contributed by atoms with Gasteiger partial charge in [0.2, 0.25) is 5.76 Å². The summed E-state index contributed by atoms with van der Waals surface area (Å²) in [4.78, 5) is 36.3. The van der Waals surface area contributed by atoms with Crippen molar-refractivity contribution in [3.63, 3.8) is 0 Å². The molecule has 176 valence electrons. The molecule has 0 aliphatic rings. The van der Waals surface area contributed by atoms with E-state index in [9.17, 15) is 14.4 Å². The van der Waals surface area contributed by atoms with Crippen molar-refractivity contribution >= 4 is 29.7 Å². The zero-order chi connectivity index (χ0) is 24.5. The number of methoxy groups -OCH3 is 3. The second-order valence-corrected chi connectivity index (χ2v) is 6.50. The van der Waals surface area contributed by atoms with Crippen LogP contribution in [0.3, 0.4) is 0 Å². The normalized spacial score (nSPS) is 10.4. The van der Waals surface area contributed by atoms with E-state index < -0.39 is 17.8 Å². The van der Waals surface area contributed by atoms with Gasteiger partial charge in [0.15, 0.2) is 11.5 Å². The molecule has 1 aromatic heterocycles. The second kappa shape index (κ2) is 11.2. The van der Waals surface area contributed by atoms with Crippen molar-refractivity contribution < 1.29 is 37.7 Å². The molecule has 0 fully saturated rings. The van der Waals surface area contributed by atoms with E-state index in [4.69, 9.17) is 23.4 Å². The third-order valence-corrected chi connectivity index (χ3v) is 4.35. The smallest absolute Gasteiger partial charge is 0.379 e. The largest absolute Gasteiger partial charge is 0.497 e. The maximum atomic E-state index is 12.2. The van der Waals surface area contributed by atoms with Gasteiger partial charge in [-0.2, -0.15) is 5.10 Å². The fourth-order valence-electron chi connectivity index (χ4n) is 2.70. The summed E-state index contributed by atoms with van der Waals surface area (Å²) in [5.41, 5.74) is 2.89. The minimum Gasteiger partial charge on any atom is -0.497 e. The van der Waals surface area contributed by atoms with Crippen LogP contribution in [0.15, 0.2) is 64.3 Å². The fourth-order valence-corrected chi connectivity index (χ4v) is 2.70. The molecular weight excluding hydrogens is 446 g/mol. The highest BCUT2D eigenvalue weighted by atomic mass is 16.6. The summed E-state index contributed by atoms with van der Waals surface area (Å²) in [6, 6.07) is 12.4. The molecule has 3 rings (SSSR count). The van der Waals surface area contributed by atoms with Crippen LogP contribution in [0.1, 0.15) is 16.1 Å². The van der Waals surface area contributed by atoms with E-state index in [1.54, 1.807) is 24.3 Å². The van der Waals surface area contributed by atoms with E-state index in [1.165, 1.54) is 58.1 Å². The summed E-state index contributed by atoms with van der Waals surface area (Å²) in [5, 5.41) is 6.20. The van der Waals surface area contributed by atoms with Crippen LogP contribution in [0.25, 0.3) is 0 Å². The van der Waals surface area contributed by atoms with Gasteiger partial charge in [0.05, 0.1) is 39.5 Å². The van der Waals surface area contributed by atoms with Crippen molar-refractivity contribution in [3.8, 4) is 23.0 Å². The van der Waals surface area contributed by atoms with E-state index in [0.717, 1.165) is 0 Å². The summed E-state index contributed by atoms with van der Waals surface area (Å²) in [7, 11) is 4.30. The van der Waals surface area contributed by atoms with Crippen LogP contribution in [0, 0.1) is 0 Å². The lowest BCUT2D eigenvalue weighted by Gasteiger charge is -2.11. The van der Waals surface area contributed by atoms with Crippen LogP contribution < -0.4 is 29.7 Å². The van der Waals surface area contributed by atoms with Gasteiger partial charge in [0.25, 0.3) is 0 Å². The number of hydrazone groups is 1. The Bertz CT molecular complexity index is 1200. The van der Waals surface area contributed by atoms with Crippen LogP contribution >= 0.6 is 0 Å². The topological polar surface area (TPSA) is 138 Å². The molecule has 3 aromatic rings. The van der Waals surface area contributed by atoms with E-state index in [-0.39, 0.29) is 22.9 Å². The van der Waals surface area contributed by atoms with Gasteiger partial charge >= 0.3 is 17.8 Å². The minimum absolute atomic E-state index is 0.0419. The summed E-state index contributed by atoms with van der Waals surface area (Å²) < 4.78 is 25.8. The Morgan fingerprint density at radius 1 is 0.882 bits per heavy atom. The predicted molar refractivity (Wildman–Crippen MR) is 121 cm³/mol. The van der Waals surface area contributed by atoms with Gasteiger partial charge in [-0.05, 0) is 48.0 Å². The lowest BCUT2D eigenvalue weighted by atomic mass is 10.2. The molecule has 2 N–H and O–H groups in total. The molecule has 0 aliphatic heterocycles. The van der Waals surface area contributed by atoms with Gasteiger partial charge in [0, 0.05) is 6.07 Å². The molecule has 0 radical (unpaired) electrons. The van der Waals surface area contributed by atoms with Gasteiger partial charge in [0.1, 0.15) is 11.5 Å². The lowest BCUT2D eigenvalue weighted by Crippen LogP contribution is -2.32. The molecule has 0 aliphatic carbocycles. The Morgan fingerprint density at radius 3 is 2.32 bits per heavy atom. The average molecular weight is 467 g/mol. The molecule has 11 heteroatoms. The molecule has 34 heavy (non-hydrogen) atoms. The van der Waals surface area contributed by atoms with E-state index in [2.05, 4.69) is 15.8 Å². The first kappa shape index (κ1) is 23.9. The van der Waals surface area contributed by atoms with Crippen molar-refractivity contribution in [1.29, 1.82) is 0 Å². The molecule has 0 saturated heterocycles. The number of nitrogens with one attached hydrogen (secondary N) is 2. The first-order valence-electron chi connectivity index (χ1n) is 9.75. The molecule has 2 amide bonds. The molecule has 0 spiro atoms. The third kappa shape index (κ3) is 5.91. The number of nitrogens with zero attached hydrogens (tertiary/aromatic N) is 1. The van der Waals surface area contributed by atoms with Crippen molar-refractivity contribution in [1.82, 2.24) is 5.43 Å². The van der Waals surface area contributed by atoms with Gasteiger partial charge in [-0.25, -0.2) is 10.2 Å². The summed E-state index contributed by atoms with van der Waals surface area (Å²) in [6.45, 7) is 0. The molecule has 0 atom stereocenters. The molecular formula is C23H21N3O8. The van der Waals surface area contributed by atoms with E-state index in [0.29, 0.717) is 17.1 Å². The Balaban J connectivity index is 1.61. The number of amides is 2. The summed E-state index contributed by atoms with van der Waals surface area (Å²) >= 11 is 0. The Hall–Kier alpha value is -4.80. The number of anilines is 1. The molecule has 0 bridgehead atoms. The molecule has 2 aromatic carbocycles. The zero-order valence-electron chi connectivity index (χ0n) is 18.5. The third-order valence-electron chi connectivity index (χ3n) is 4.35. The van der Waals surface area contributed by atoms with Crippen molar-refractivity contribution in [2.24, 2.45) is 5.10 Å². The number of ether oxygens (including phenoxy) is 4. The second-order valence-electron chi connectivity index (χ2n) is 6.50. The van der Waals surface area contributed by atoms with E-state index in [1.807, 2.05) is 0 Å². The lowest BCUT2D eigenvalue weighted by molar-refractivity contribution is -0.136. The Morgan fingerprint density at radius 2 is 1.65 bits per heavy atom. The van der Waals surface area contributed by atoms with Gasteiger partial charge in [-0.1, -0.05) is 0 Å². The van der Waals surface area contributed by atoms with Gasteiger partial charge in [-0.3, -0.25) is 9.59 Å².